The number of nitrogens with zero attached hydrogens (tertiary/aromatic N) is 2. The summed E-state index contributed by atoms with van der Waals surface area (Å²) in [7, 11) is 0. The molecule has 70 valence electrons. The van der Waals surface area contributed by atoms with Crippen LogP contribution in [0.15, 0.2) is 17.4 Å². The molecule has 0 fully saturated rings. The molecule has 0 aliphatic carbocycles. The molecule has 0 unspecified atom stereocenters. The Hall–Kier alpha value is -0.900. The number of aromatic nitrogens is 2. The molecule has 0 spiro atoms. The third-order valence-corrected chi connectivity index (χ3v) is 2.33. The minimum atomic E-state index is 0.0494. The van der Waals surface area contributed by atoms with Gasteiger partial charge in [0.2, 0.25) is 0 Å². The Kier molecular flexibility index (Phi) is 3.03. The Labute approximate surface area is 82.0 Å². The highest BCUT2D eigenvalue weighted by Gasteiger charge is 2.15. The SMILES string of the molecule is CC(C)(C)Sc1nccnc1C=O. The van der Waals surface area contributed by atoms with Crippen molar-refractivity contribution in [2.24, 2.45) is 0 Å². The van der Waals surface area contributed by atoms with Gasteiger partial charge in [0.1, 0.15) is 10.7 Å². The Balaban J connectivity index is 2.94. The molecule has 13 heavy (non-hydrogen) atoms. The molecule has 3 nitrogen and oxygen atoms in total. The molecule has 0 aliphatic rings. The van der Waals surface area contributed by atoms with E-state index in [4.69, 9.17) is 0 Å². The lowest BCUT2D eigenvalue weighted by Crippen LogP contribution is -2.09. The van der Waals surface area contributed by atoms with Crippen molar-refractivity contribution in [2.75, 3.05) is 0 Å². The van der Waals surface area contributed by atoms with Crippen LogP contribution in [0.1, 0.15) is 31.3 Å². The minimum absolute atomic E-state index is 0.0494. The van der Waals surface area contributed by atoms with Crippen molar-refractivity contribution in [3.63, 3.8) is 0 Å². The van der Waals surface area contributed by atoms with Gasteiger partial charge in [0.25, 0.3) is 0 Å². The zero-order valence-corrected chi connectivity index (χ0v) is 8.76. The molecule has 0 aliphatic heterocycles. The first-order valence-electron chi connectivity index (χ1n) is 3.98. The van der Waals surface area contributed by atoms with E-state index >= 15 is 0 Å². The lowest BCUT2D eigenvalue weighted by molar-refractivity contribution is 0.111. The third-order valence-electron chi connectivity index (χ3n) is 1.21. The molecule has 0 aromatic carbocycles. The van der Waals surface area contributed by atoms with Gasteiger partial charge in [-0.2, -0.15) is 0 Å². The Bertz CT molecular complexity index is 307. The Morgan fingerprint density at radius 2 is 1.92 bits per heavy atom. The van der Waals surface area contributed by atoms with Crippen LogP contribution in [-0.4, -0.2) is 21.0 Å². The lowest BCUT2D eigenvalue weighted by Gasteiger charge is -2.16. The summed E-state index contributed by atoms with van der Waals surface area (Å²) in [5, 5.41) is 0.699. The highest BCUT2D eigenvalue weighted by Crippen LogP contribution is 2.30. The van der Waals surface area contributed by atoms with Crippen LogP contribution in [0.4, 0.5) is 0 Å². The number of hydrogen-bond acceptors (Lipinski definition) is 4. The van der Waals surface area contributed by atoms with Crippen molar-refractivity contribution >= 4 is 18.0 Å². The minimum Gasteiger partial charge on any atom is -0.296 e. The van der Waals surface area contributed by atoms with E-state index in [0.29, 0.717) is 10.7 Å². The normalized spacial score (nSPS) is 11.3. The summed E-state index contributed by atoms with van der Waals surface area (Å²) in [5.74, 6) is 0. The van der Waals surface area contributed by atoms with Crippen molar-refractivity contribution in [3.05, 3.63) is 18.1 Å². The van der Waals surface area contributed by atoms with Crippen LogP contribution >= 0.6 is 11.8 Å². The van der Waals surface area contributed by atoms with Crippen molar-refractivity contribution in [3.8, 4) is 0 Å². The number of hydrogen-bond donors (Lipinski definition) is 0. The number of thioether (sulfide) groups is 1. The molecule has 0 bridgehead atoms. The topological polar surface area (TPSA) is 42.9 Å². The fraction of sp³-hybridized carbons (Fsp3) is 0.444. The highest BCUT2D eigenvalue weighted by atomic mass is 32.2. The third kappa shape index (κ3) is 3.14. The standard InChI is InChI=1S/C9H12N2OS/c1-9(2,3)13-8-7(6-12)10-4-5-11-8/h4-6H,1-3H3. The predicted molar refractivity (Wildman–Crippen MR) is 53.0 cm³/mol. The molecule has 0 amide bonds. The van der Waals surface area contributed by atoms with Crippen molar-refractivity contribution < 1.29 is 4.79 Å². The fourth-order valence-corrected chi connectivity index (χ4v) is 1.68. The lowest BCUT2D eigenvalue weighted by atomic mass is 10.3. The highest BCUT2D eigenvalue weighted by molar-refractivity contribution is 8.00. The van der Waals surface area contributed by atoms with Gasteiger partial charge in [0, 0.05) is 17.1 Å². The average Bonchev–Trinajstić information content (AvgIpc) is 2.02. The predicted octanol–water partition coefficient (Wildman–Crippen LogP) is 2.18. The summed E-state index contributed by atoms with van der Waals surface area (Å²) < 4.78 is 0.0494. The van der Waals surface area contributed by atoms with Gasteiger partial charge in [-0.1, -0.05) is 32.5 Å². The summed E-state index contributed by atoms with van der Waals surface area (Å²) in [6, 6.07) is 0. The molecule has 0 atom stereocenters. The number of carbonyl (C=O) groups excluding carboxylic acids is 1. The maximum Gasteiger partial charge on any atom is 0.171 e. The average molecular weight is 196 g/mol. The number of carbonyl (C=O) groups is 1. The second kappa shape index (κ2) is 3.87. The van der Waals surface area contributed by atoms with Crippen LogP contribution in [0.3, 0.4) is 0 Å². The van der Waals surface area contributed by atoms with E-state index in [0.717, 1.165) is 6.29 Å². The van der Waals surface area contributed by atoms with E-state index in [9.17, 15) is 4.79 Å². The Morgan fingerprint density at radius 1 is 1.31 bits per heavy atom. The zero-order chi connectivity index (χ0) is 9.90. The van der Waals surface area contributed by atoms with Gasteiger partial charge < -0.3 is 0 Å². The fourth-order valence-electron chi connectivity index (χ4n) is 0.786. The van der Waals surface area contributed by atoms with E-state index in [2.05, 4.69) is 30.7 Å². The summed E-state index contributed by atoms with van der Waals surface area (Å²) >= 11 is 1.55. The van der Waals surface area contributed by atoms with Gasteiger partial charge in [-0.25, -0.2) is 9.97 Å². The summed E-state index contributed by atoms with van der Waals surface area (Å²) in [4.78, 5) is 18.6. The molecule has 4 heteroatoms. The van der Waals surface area contributed by atoms with Crippen molar-refractivity contribution in [1.29, 1.82) is 0 Å². The molecule has 0 radical (unpaired) electrons. The molecule has 1 aromatic heterocycles. The van der Waals surface area contributed by atoms with Crippen molar-refractivity contribution in [1.82, 2.24) is 9.97 Å². The maximum atomic E-state index is 10.6. The molecule has 0 N–H and O–H groups in total. The quantitative estimate of drug-likeness (QED) is 0.537. The van der Waals surface area contributed by atoms with Crippen LogP contribution in [0.2, 0.25) is 0 Å². The zero-order valence-electron chi connectivity index (χ0n) is 7.94. The van der Waals surface area contributed by atoms with Crippen LogP contribution in [0.5, 0.6) is 0 Å². The number of aldehydes is 1. The first-order chi connectivity index (χ1) is 6.03. The van der Waals surface area contributed by atoms with Crippen molar-refractivity contribution in [2.45, 2.75) is 30.5 Å². The molecular formula is C9H12N2OS. The molecular weight excluding hydrogens is 184 g/mol. The second-order valence-corrected chi connectivity index (χ2v) is 5.39. The molecule has 1 aromatic rings. The number of rotatable bonds is 2. The van der Waals surface area contributed by atoms with Gasteiger partial charge in [-0.3, -0.25) is 4.79 Å². The van der Waals surface area contributed by atoms with Gasteiger partial charge in [0.05, 0.1) is 0 Å². The first kappa shape index (κ1) is 10.2. The van der Waals surface area contributed by atoms with Crippen LogP contribution < -0.4 is 0 Å². The molecule has 0 saturated carbocycles. The largest absolute Gasteiger partial charge is 0.296 e. The van der Waals surface area contributed by atoms with E-state index in [-0.39, 0.29) is 4.75 Å². The summed E-state index contributed by atoms with van der Waals surface area (Å²) in [6.45, 7) is 6.21. The summed E-state index contributed by atoms with van der Waals surface area (Å²) in [5.41, 5.74) is 0.419. The second-order valence-electron chi connectivity index (χ2n) is 3.58. The van der Waals surface area contributed by atoms with Crippen LogP contribution in [0, 0.1) is 0 Å². The van der Waals surface area contributed by atoms with E-state index < -0.39 is 0 Å². The van der Waals surface area contributed by atoms with Crippen LogP contribution in [-0.2, 0) is 0 Å². The van der Waals surface area contributed by atoms with E-state index in [1.165, 1.54) is 6.20 Å². The summed E-state index contributed by atoms with van der Waals surface area (Å²) in [6.07, 6.45) is 3.86. The molecule has 1 rings (SSSR count). The van der Waals surface area contributed by atoms with Gasteiger partial charge in [-0.15, -0.1) is 0 Å². The first-order valence-corrected chi connectivity index (χ1v) is 4.80. The van der Waals surface area contributed by atoms with Gasteiger partial charge in [0.15, 0.2) is 6.29 Å². The van der Waals surface area contributed by atoms with Gasteiger partial charge in [-0.05, 0) is 0 Å². The monoisotopic (exact) mass is 196 g/mol. The van der Waals surface area contributed by atoms with E-state index in [1.807, 2.05) is 0 Å². The smallest absolute Gasteiger partial charge is 0.171 e. The Morgan fingerprint density at radius 3 is 2.46 bits per heavy atom. The van der Waals surface area contributed by atoms with E-state index in [1.54, 1.807) is 18.0 Å². The van der Waals surface area contributed by atoms with Gasteiger partial charge >= 0.3 is 0 Å². The maximum absolute atomic E-state index is 10.6. The molecule has 1 heterocycles. The molecule has 0 saturated heterocycles. The van der Waals surface area contributed by atoms with Crippen LogP contribution in [0.25, 0.3) is 0 Å².